The van der Waals surface area contributed by atoms with Crippen molar-refractivity contribution in [3.05, 3.63) is 35.4 Å². The topological polar surface area (TPSA) is 139 Å². The number of nitriles is 1. The van der Waals surface area contributed by atoms with E-state index < -0.39 is 10.0 Å². The number of hydrogen-bond acceptors (Lipinski definition) is 8. The Labute approximate surface area is 147 Å². The molecule has 25 heavy (non-hydrogen) atoms. The van der Waals surface area contributed by atoms with E-state index in [9.17, 15) is 13.7 Å². The molecule has 9 nitrogen and oxygen atoms in total. The molecule has 128 valence electrons. The minimum absolute atomic E-state index is 0.0464. The number of nitrogens with zero attached hydrogens (tertiary/aromatic N) is 5. The van der Waals surface area contributed by atoms with Crippen LogP contribution in [0.5, 0.6) is 0 Å². The molecule has 0 amide bonds. The van der Waals surface area contributed by atoms with Crippen molar-refractivity contribution in [3.8, 4) is 6.07 Å². The van der Waals surface area contributed by atoms with Crippen LogP contribution in [0.15, 0.2) is 34.2 Å². The summed E-state index contributed by atoms with van der Waals surface area (Å²) in [6.07, 6.45) is 1.75. The number of fused-ring (bicyclic) bond motifs is 1. The summed E-state index contributed by atoms with van der Waals surface area (Å²) < 4.78 is 28.2. The van der Waals surface area contributed by atoms with Gasteiger partial charge in [0.05, 0.1) is 4.90 Å². The van der Waals surface area contributed by atoms with Crippen LogP contribution in [0.25, 0.3) is 5.78 Å². The van der Waals surface area contributed by atoms with E-state index in [0.717, 1.165) is 10.1 Å². The van der Waals surface area contributed by atoms with Crippen LogP contribution in [0.4, 0.5) is 11.8 Å². The highest BCUT2D eigenvalue weighted by Crippen LogP contribution is 2.24. The highest BCUT2D eigenvalue weighted by molar-refractivity contribution is 7.98. The Morgan fingerprint density at radius 1 is 1.28 bits per heavy atom. The van der Waals surface area contributed by atoms with Gasteiger partial charge in [0.1, 0.15) is 22.5 Å². The van der Waals surface area contributed by atoms with Crippen LogP contribution in [-0.4, -0.2) is 34.3 Å². The van der Waals surface area contributed by atoms with Crippen molar-refractivity contribution < 1.29 is 8.42 Å². The molecule has 3 N–H and O–H groups in total. The zero-order valence-electron chi connectivity index (χ0n) is 13.3. The van der Waals surface area contributed by atoms with Crippen LogP contribution >= 0.6 is 11.8 Å². The maximum atomic E-state index is 12.4. The number of nitrogen functional groups attached to an aromatic ring is 1. The third kappa shape index (κ3) is 3.09. The number of aromatic nitrogens is 4. The molecular weight excluding hydrogens is 362 g/mol. The number of nitrogens with one attached hydrogen (secondary N) is 1. The van der Waals surface area contributed by atoms with E-state index in [1.165, 1.54) is 23.9 Å². The van der Waals surface area contributed by atoms with Crippen molar-refractivity contribution in [3.63, 3.8) is 0 Å². The summed E-state index contributed by atoms with van der Waals surface area (Å²) >= 11 is 1.24. The number of aryl methyl sites for hydroxylation is 1. The minimum Gasteiger partial charge on any atom is -0.382 e. The maximum absolute atomic E-state index is 12.4. The fourth-order valence-electron chi connectivity index (χ4n) is 2.09. The third-order valence-electron chi connectivity index (χ3n) is 3.35. The van der Waals surface area contributed by atoms with Gasteiger partial charge in [0.25, 0.3) is 21.7 Å². The molecule has 0 saturated carbocycles. The second-order valence-corrected chi connectivity index (χ2v) is 7.54. The monoisotopic (exact) mass is 375 g/mol. The molecule has 11 heteroatoms. The van der Waals surface area contributed by atoms with Crippen molar-refractivity contribution in [2.75, 3.05) is 16.7 Å². The molecule has 2 aromatic heterocycles. The Morgan fingerprint density at radius 3 is 2.56 bits per heavy atom. The highest BCUT2D eigenvalue weighted by Gasteiger charge is 2.20. The van der Waals surface area contributed by atoms with Crippen molar-refractivity contribution in [1.82, 2.24) is 19.6 Å². The molecule has 0 bridgehead atoms. The van der Waals surface area contributed by atoms with Gasteiger partial charge in [-0.15, -0.1) is 16.9 Å². The van der Waals surface area contributed by atoms with Crippen molar-refractivity contribution in [2.24, 2.45) is 0 Å². The lowest BCUT2D eigenvalue weighted by Gasteiger charge is -2.04. The van der Waals surface area contributed by atoms with E-state index >= 15 is 0 Å². The summed E-state index contributed by atoms with van der Waals surface area (Å²) in [7, 11) is -3.85. The van der Waals surface area contributed by atoms with Crippen LogP contribution in [0.1, 0.15) is 11.1 Å². The van der Waals surface area contributed by atoms with Gasteiger partial charge in [0.15, 0.2) is 0 Å². The molecule has 0 aliphatic carbocycles. The minimum atomic E-state index is -3.85. The molecule has 0 aliphatic rings. The molecule has 3 aromatic rings. The number of sulfonamides is 1. The fourth-order valence-corrected chi connectivity index (χ4v) is 3.56. The molecular formula is C14H13N7O2S2. The largest absolute Gasteiger partial charge is 0.382 e. The van der Waals surface area contributed by atoms with Crippen molar-refractivity contribution in [2.45, 2.75) is 16.8 Å². The first-order chi connectivity index (χ1) is 11.9. The molecule has 0 atom stereocenters. The van der Waals surface area contributed by atoms with E-state index in [1.807, 2.05) is 13.0 Å². The molecule has 0 radical (unpaired) electrons. The summed E-state index contributed by atoms with van der Waals surface area (Å²) in [6.45, 7) is 1.86. The van der Waals surface area contributed by atoms with E-state index in [1.54, 1.807) is 18.4 Å². The Hall–Kier alpha value is -2.84. The van der Waals surface area contributed by atoms with E-state index in [0.29, 0.717) is 5.03 Å². The zero-order valence-corrected chi connectivity index (χ0v) is 14.9. The summed E-state index contributed by atoms with van der Waals surface area (Å²) in [6, 6.07) is 8.31. The summed E-state index contributed by atoms with van der Waals surface area (Å²) in [5.74, 6) is -0.0329. The fraction of sp³-hybridized carbons (Fsp3) is 0.143. The van der Waals surface area contributed by atoms with E-state index in [4.69, 9.17) is 5.73 Å². The quantitative estimate of drug-likeness (QED) is 0.515. The van der Waals surface area contributed by atoms with Gasteiger partial charge < -0.3 is 5.73 Å². The van der Waals surface area contributed by atoms with Gasteiger partial charge >= 0.3 is 0 Å². The molecule has 0 aliphatic heterocycles. The zero-order chi connectivity index (χ0) is 18.2. The maximum Gasteiger partial charge on any atom is 0.264 e. The van der Waals surface area contributed by atoms with Gasteiger partial charge in [-0.2, -0.15) is 14.8 Å². The predicted octanol–water partition coefficient (Wildman–Crippen LogP) is 1.41. The standard InChI is InChI=1S/C14H13N7O2S2/c1-8-3-5-9(6-4-8)25(22,23)20-13-18-14-17-12(24-2)10(7-15)11(16)21(14)19-13/h3-6H,16H2,1-2H3,(H,19,20). The van der Waals surface area contributed by atoms with E-state index in [-0.39, 0.29) is 28.0 Å². The highest BCUT2D eigenvalue weighted by atomic mass is 32.2. The van der Waals surface area contributed by atoms with Crippen molar-refractivity contribution in [1.29, 1.82) is 5.26 Å². The lowest BCUT2D eigenvalue weighted by molar-refractivity contribution is 0.601. The van der Waals surface area contributed by atoms with Gasteiger partial charge in [-0.3, -0.25) is 0 Å². The lowest BCUT2D eigenvalue weighted by Crippen LogP contribution is -2.14. The molecule has 0 unspecified atom stereocenters. The summed E-state index contributed by atoms with van der Waals surface area (Å²) in [5, 5.41) is 13.6. The number of hydrogen-bond donors (Lipinski definition) is 2. The molecule has 1 aromatic carbocycles. The normalized spacial score (nSPS) is 11.4. The summed E-state index contributed by atoms with van der Waals surface area (Å²) in [5.41, 5.74) is 7.02. The smallest absolute Gasteiger partial charge is 0.264 e. The number of thioether (sulfide) groups is 1. The van der Waals surface area contributed by atoms with Crippen LogP contribution in [-0.2, 0) is 10.0 Å². The van der Waals surface area contributed by atoms with Crippen LogP contribution in [0.2, 0.25) is 0 Å². The van der Waals surface area contributed by atoms with Crippen LogP contribution in [0, 0.1) is 18.3 Å². The van der Waals surface area contributed by atoms with Gasteiger partial charge in [-0.05, 0) is 25.3 Å². The first kappa shape index (κ1) is 17.0. The number of anilines is 2. The Morgan fingerprint density at radius 2 is 1.96 bits per heavy atom. The SMILES string of the molecule is CSc1nc2nc(NS(=O)(=O)c3ccc(C)cc3)nn2c(N)c1C#N. The van der Waals surface area contributed by atoms with Crippen molar-refractivity contribution >= 4 is 39.3 Å². The van der Waals surface area contributed by atoms with E-state index in [2.05, 4.69) is 19.8 Å². The predicted molar refractivity (Wildman–Crippen MR) is 93.7 cm³/mol. The molecule has 3 rings (SSSR count). The Kier molecular flexibility index (Phi) is 4.23. The number of nitrogens with two attached hydrogens (primary N) is 1. The second kappa shape index (κ2) is 6.23. The first-order valence-corrected chi connectivity index (χ1v) is 9.66. The molecule has 0 spiro atoms. The lowest BCUT2D eigenvalue weighted by atomic mass is 10.2. The average molecular weight is 375 g/mol. The molecule has 2 heterocycles. The molecule has 0 fully saturated rings. The van der Waals surface area contributed by atoms with Gasteiger partial charge in [-0.25, -0.2) is 18.1 Å². The van der Waals surface area contributed by atoms with Crippen LogP contribution in [0.3, 0.4) is 0 Å². The number of rotatable bonds is 4. The molecule has 0 saturated heterocycles. The number of benzene rings is 1. The van der Waals surface area contributed by atoms with Gasteiger partial charge in [0.2, 0.25) is 0 Å². The van der Waals surface area contributed by atoms with Gasteiger partial charge in [-0.1, -0.05) is 17.7 Å². The Balaban J connectivity index is 2.04. The Bertz CT molecular complexity index is 1100. The van der Waals surface area contributed by atoms with Crippen LogP contribution < -0.4 is 10.5 Å². The third-order valence-corrected chi connectivity index (χ3v) is 5.38. The van der Waals surface area contributed by atoms with Gasteiger partial charge in [0, 0.05) is 0 Å². The average Bonchev–Trinajstić information content (AvgIpc) is 2.97. The second-order valence-electron chi connectivity index (χ2n) is 5.06. The first-order valence-electron chi connectivity index (χ1n) is 6.95. The summed E-state index contributed by atoms with van der Waals surface area (Å²) in [4.78, 5) is 8.29.